The number of carbonyl (C=O) groups is 2. The fourth-order valence-electron chi connectivity index (χ4n) is 2.56. The predicted octanol–water partition coefficient (Wildman–Crippen LogP) is 2.18. The lowest BCUT2D eigenvalue weighted by Gasteiger charge is -2.18. The molecule has 0 unspecified atom stereocenters. The van der Waals surface area contributed by atoms with E-state index in [4.69, 9.17) is 4.74 Å². The number of ether oxygens (including phenoxy) is 1. The maximum absolute atomic E-state index is 12.8. The van der Waals surface area contributed by atoms with Gasteiger partial charge in [-0.3, -0.25) is 9.59 Å². The zero-order valence-corrected chi connectivity index (χ0v) is 17.9. The summed E-state index contributed by atoms with van der Waals surface area (Å²) in [6, 6.07) is 11.3. The molecule has 0 aromatic heterocycles. The minimum absolute atomic E-state index is 0.0951. The van der Waals surface area contributed by atoms with E-state index in [1.807, 2.05) is 12.1 Å². The smallest absolute Gasteiger partial charge is 0.255 e. The van der Waals surface area contributed by atoms with Gasteiger partial charge in [0.15, 0.2) is 0 Å². The molecule has 0 fully saturated rings. The van der Waals surface area contributed by atoms with E-state index in [1.54, 1.807) is 19.2 Å². The fourth-order valence-corrected chi connectivity index (χ4v) is 3.63. The highest BCUT2D eigenvalue weighted by Crippen LogP contribution is 2.27. The Balaban J connectivity index is 2.37. The van der Waals surface area contributed by atoms with Crippen molar-refractivity contribution in [2.75, 3.05) is 33.6 Å². The van der Waals surface area contributed by atoms with Gasteiger partial charge in [0.05, 0.1) is 7.11 Å². The van der Waals surface area contributed by atoms with Gasteiger partial charge in [0, 0.05) is 45.9 Å². The first kappa shape index (κ1) is 22.4. The number of amides is 2. The molecule has 0 radical (unpaired) electrons. The molecule has 0 atom stereocenters. The Hall–Kier alpha value is -2.91. The molecular formula is C20H25N3O5S. The average Bonchev–Trinajstić information content (AvgIpc) is 2.68. The van der Waals surface area contributed by atoms with E-state index in [2.05, 4.69) is 5.32 Å². The number of sulfonamides is 1. The summed E-state index contributed by atoms with van der Waals surface area (Å²) in [5.41, 5.74) is 1.47. The van der Waals surface area contributed by atoms with Crippen molar-refractivity contribution in [3.05, 3.63) is 53.6 Å². The Labute approximate surface area is 171 Å². The average molecular weight is 420 g/mol. The standard InChI is InChI=1S/C20H25N3O5S/c1-14(24)23(4)13-16-8-6-7-9-17(16)21-20(25)15-10-11-18(28-5)19(12-15)29(26,27)22(2)3/h6-12H,13H2,1-5H3,(H,21,25). The first-order valence-corrected chi connectivity index (χ1v) is 10.2. The van der Waals surface area contributed by atoms with Crippen molar-refractivity contribution in [1.29, 1.82) is 0 Å². The topological polar surface area (TPSA) is 96.0 Å². The van der Waals surface area contributed by atoms with E-state index in [1.165, 1.54) is 51.2 Å². The van der Waals surface area contributed by atoms with Gasteiger partial charge in [0.2, 0.25) is 15.9 Å². The van der Waals surface area contributed by atoms with Crippen LogP contribution in [-0.4, -0.2) is 57.7 Å². The predicted molar refractivity (Wildman–Crippen MR) is 110 cm³/mol. The molecule has 2 aromatic carbocycles. The molecule has 0 aliphatic rings. The Bertz CT molecular complexity index is 1020. The van der Waals surface area contributed by atoms with Gasteiger partial charge >= 0.3 is 0 Å². The Morgan fingerprint density at radius 3 is 2.31 bits per heavy atom. The maximum atomic E-state index is 12.8. The minimum atomic E-state index is -3.80. The van der Waals surface area contributed by atoms with Crippen LogP contribution in [0.15, 0.2) is 47.4 Å². The van der Waals surface area contributed by atoms with Crippen LogP contribution in [0.5, 0.6) is 5.75 Å². The monoisotopic (exact) mass is 419 g/mol. The van der Waals surface area contributed by atoms with Gasteiger partial charge in [0.1, 0.15) is 10.6 Å². The van der Waals surface area contributed by atoms with E-state index >= 15 is 0 Å². The summed E-state index contributed by atoms with van der Waals surface area (Å²) in [5.74, 6) is -0.417. The molecule has 9 heteroatoms. The molecule has 29 heavy (non-hydrogen) atoms. The van der Waals surface area contributed by atoms with Crippen LogP contribution in [-0.2, 0) is 21.4 Å². The van der Waals surface area contributed by atoms with Crippen LogP contribution in [0.1, 0.15) is 22.8 Å². The highest BCUT2D eigenvalue weighted by Gasteiger charge is 2.24. The van der Waals surface area contributed by atoms with E-state index in [9.17, 15) is 18.0 Å². The number of hydrogen-bond acceptors (Lipinski definition) is 5. The van der Waals surface area contributed by atoms with Gasteiger partial charge in [-0.2, -0.15) is 0 Å². The molecule has 156 valence electrons. The molecular weight excluding hydrogens is 394 g/mol. The summed E-state index contributed by atoms with van der Waals surface area (Å²) in [7, 11) is 2.05. The third-order valence-corrected chi connectivity index (χ3v) is 6.23. The van der Waals surface area contributed by atoms with Crippen molar-refractivity contribution in [2.45, 2.75) is 18.4 Å². The molecule has 0 aliphatic carbocycles. The largest absolute Gasteiger partial charge is 0.495 e. The summed E-state index contributed by atoms with van der Waals surface area (Å²) < 4.78 is 31.3. The first-order valence-electron chi connectivity index (χ1n) is 8.79. The van der Waals surface area contributed by atoms with Crippen LogP contribution < -0.4 is 10.1 Å². The molecule has 8 nitrogen and oxygen atoms in total. The fraction of sp³-hybridized carbons (Fsp3) is 0.300. The Kier molecular flexibility index (Phi) is 6.99. The molecule has 0 aliphatic heterocycles. The van der Waals surface area contributed by atoms with Crippen molar-refractivity contribution < 1.29 is 22.7 Å². The van der Waals surface area contributed by atoms with Gasteiger partial charge in [-0.1, -0.05) is 18.2 Å². The van der Waals surface area contributed by atoms with Crippen LogP contribution in [0.25, 0.3) is 0 Å². The number of para-hydroxylation sites is 1. The van der Waals surface area contributed by atoms with Crippen molar-refractivity contribution in [1.82, 2.24) is 9.21 Å². The number of benzene rings is 2. The number of methoxy groups -OCH3 is 1. The van der Waals surface area contributed by atoms with Gasteiger partial charge in [0.25, 0.3) is 5.91 Å². The van der Waals surface area contributed by atoms with Gasteiger partial charge < -0.3 is 15.0 Å². The number of carbonyl (C=O) groups excluding carboxylic acids is 2. The summed E-state index contributed by atoms with van der Waals surface area (Å²) in [6.07, 6.45) is 0. The third kappa shape index (κ3) is 5.12. The summed E-state index contributed by atoms with van der Waals surface area (Å²) in [5, 5.41) is 2.79. The summed E-state index contributed by atoms with van der Waals surface area (Å²) in [4.78, 5) is 25.7. The number of rotatable bonds is 7. The molecule has 0 heterocycles. The van der Waals surface area contributed by atoms with Crippen molar-refractivity contribution in [3.8, 4) is 5.75 Å². The molecule has 0 saturated heterocycles. The minimum Gasteiger partial charge on any atom is -0.495 e. The molecule has 0 saturated carbocycles. The van der Waals surface area contributed by atoms with E-state index in [-0.39, 0.29) is 22.1 Å². The van der Waals surface area contributed by atoms with Crippen LogP contribution >= 0.6 is 0 Å². The zero-order chi connectivity index (χ0) is 21.8. The number of hydrogen-bond donors (Lipinski definition) is 1. The van der Waals surface area contributed by atoms with Crippen LogP contribution in [0.3, 0.4) is 0 Å². The quantitative estimate of drug-likeness (QED) is 0.742. The molecule has 0 spiro atoms. The maximum Gasteiger partial charge on any atom is 0.255 e. The second kappa shape index (κ2) is 9.06. The molecule has 2 rings (SSSR count). The molecule has 1 N–H and O–H groups in total. The lowest BCUT2D eigenvalue weighted by Crippen LogP contribution is -2.24. The Morgan fingerprint density at radius 1 is 1.07 bits per heavy atom. The van der Waals surface area contributed by atoms with Gasteiger partial charge in [-0.15, -0.1) is 0 Å². The van der Waals surface area contributed by atoms with E-state index < -0.39 is 15.9 Å². The van der Waals surface area contributed by atoms with Crippen LogP contribution in [0.2, 0.25) is 0 Å². The molecule has 2 aromatic rings. The van der Waals surface area contributed by atoms with Crippen molar-refractivity contribution in [2.24, 2.45) is 0 Å². The lowest BCUT2D eigenvalue weighted by atomic mass is 10.1. The second-order valence-electron chi connectivity index (χ2n) is 6.64. The lowest BCUT2D eigenvalue weighted by molar-refractivity contribution is -0.128. The van der Waals surface area contributed by atoms with Crippen LogP contribution in [0.4, 0.5) is 5.69 Å². The molecule has 0 bridgehead atoms. The third-order valence-electron chi connectivity index (χ3n) is 4.40. The van der Waals surface area contributed by atoms with Crippen molar-refractivity contribution >= 4 is 27.5 Å². The zero-order valence-electron chi connectivity index (χ0n) is 17.1. The van der Waals surface area contributed by atoms with E-state index in [0.29, 0.717) is 12.2 Å². The molecule has 2 amide bonds. The highest BCUT2D eigenvalue weighted by molar-refractivity contribution is 7.89. The summed E-state index contributed by atoms with van der Waals surface area (Å²) in [6.45, 7) is 1.79. The summed E-state index contributed by atoms with van der Waals surface area (Å²) >= 11 is 0. The highest BCUT2D eigenvalue weighted by atomic mass is 32.2. The second-order valence-corrected chi connectivity index (χ2v) is 8.76. The number of anilines is 1. The SMILES string of the molecule is COc1ccc(C(=O)Nc2ccccc2CN(C)C(C)=O)cc1S(=O)(=O)N(C)C. The van der Waals surface area contributed by atoms with Crippen molar-refractivity contribution in [3.63, 3.8) is 0 Å². The van der Waals surface area contributed by atoms with Crippen LogP contribution in [0, 0.1) is 0 Å². The number of nitrogens with one attached hydrogen (secondary N) is 1. The van der Waals surface area contributed by atoms with Gasteiger partial charge in [-0.25, -0.2) is 12.7 Å². The van der Waals surface area contributed by atoms with Gasteiger partial charge in [-0.05, 0) is 29.8 Å². The Morgan fingerprint density at radius 2 is 1.72 bits per heavy atom. The normalized spacial score (nSPS) is 11.2. The number of nitrogens with zero attached hydrogens (tertiary/aromatic N) is 2. The van der Waals surface area contributed by atoms with E-state index in [0.717, 1.165) is 9.87 Å². The first-order chi connectivity index (χ1) is 13.6.